The fourth-order valence-electron chi connectivity index (χ4n) is 2.97. The van der Waals surface area contributed by atoms with Crippen molar-refractivity contribution in [3.63, 3.8) is 0 Å². The van der Waals surface area contributed by atoms with Crippen molar-refractivity contribution in [3.8, 4) is 0 Å². The van der Waals surface area contributed by atoms with Crippen LogP contribution in [0.2, 0.25) is 5.02 Å². The van der Waals surface area contributed by atoms with E-state index in [9.17, 15) is 0 Å². The van der Waals surface area contributed by atoms with E-state index in [2.05, 4.69) is 54.4 Å². The van der Waals surface area contributed by atoms with Crippen LogP contribution in [0.3, 0.4) is 0 Å². The first-order valence-electron chi connectivity index (χ1n) is 9.68. The summed E-state index contributed by atoms with van der Waals surface area (Å²) in [4.78, 5) is 20.7. The predicted octanol–water partition coefficient (Wildman–Crippen LogP) is 2.81. The minimum atomic E-state index is 0. The van der Waals surface area contributed by atoms with Gasteiger partial charge in [0, 0.05) is 56.5 Å². The SMILES string of the molecule is CCNc1nc(Nc2ccc(Cl)cc2)nc(N2CCN(CCN(C)C)CC2)n1.Cl. The van der Waals surface area contributed by atoms with Crippen molar-refractivity contribution < 1.29 is 0 Å². The van der Waals surface area contributed by atoms with E-state index in [0.29, 0.717) is 22.9 Å². The first-order valence-corrected chi connectivity index (χ1v) is 10.1. The average Bonchev–Trinajstić information content (AvgIpc) is 2.69. The summed E-state index contributed by atoms with van der Waals surface area (Å²) in [7, 11) is 4.22. The molecule has 29 heavy (non-hydrogen) atoms. The van der Waals surface area contributed by atoms with Gasteiger partial charge in [-0.25, -0.2) is 0 Å². The normalized spacial score (nSPS) is 14.6. The topological polar surface area (TPSA) is 72.5 Å². The molecular formula is C19H30Cl2N8. The number of likely N-dealkylation sites (N-methyl/N-ethyl adjacent to an activating group) is 1. The lowest BCUT2D eigenvalue weighted by Crippen LogP contribution is -2.48. The molecule has 0 bridgehead atoms. The van der Waals surface area contributed by atoms with Gasteiger partial charge in [-0.2, -0.15) is 15.0 Å². The summed E-state index contributed by atoms with van der Waals surface area (Å²) in [6.07, 6.45) is 0. The molecule has 2 N–H and O–H groups in total. The van der Waals surface area contributed by atoms with Crippen molar-refractivity contribution in [2.45, 2.75) is 6.92 Å². The highest BCUT2D eigenvalue weighted by atomic mass is 35.5. The molecule has 1 aliphatic rings. The van der Waals surface area contributed by atoms with Crippen molar-refractivity contribution >= 4 is 47.5 Å². The molecule has 1 aromatic carbocycles. The third kappa shape index (κ3) is 7.15. The van der Waals surface area contributed by atoms with Crippen molar-refractivity contribution in [2.24, 2.45) is 0 Å². The van der Waals surface area contributed by atoms with Crippen LogP contribution in [0.15, 0.2) is 24.3 Å². The maximum atomic E-state index is 5.97. The van der Waals surface area contributed by atoms with E-state index in [1.165, 1.54) is 0 Å². The molecule has 2 aromatic rings. The molecule has 1 aliphatic heterocycles. The zero-order chi connectivity index (χ0) is 19.9. The van der Waals surface area contributed by atoms with Crippen molar-refractivity contribution in [2.75, 3.05) is 75.4 Å². The summed E-state index contributed by atoms with van der Waals surface area (Å²) in [5, 5.41) is 7.14. The van der Waals surface area contributed by atoms with E-state index in [0.717, 1.165) is 51.5 Å². The Morgan fingerprint density at radius 2 is 1.66 bits per heavy atom. The zero-order valence-electron chi connectivity index (χ0n) is 17.2. The third-order valence-corrected chi connectivity index (χ3v) is 4.83. The van der Waals surface area contributed by atoms with E-state index in [1.54, 1.807) is 0 Å². The number of nitrogens with zero attached hydrogens (tertiary/aromatic N) is 6. The minimum Gasteiger partial charge on any atom is -0.354 e. The Morgan fingerprint density at radius 1 is 1.00 bits per heavy atom. The van der Waals surface area contributed by atoms with Gasteiger partial charge in [-0.15, -0.1) is 12.4 Å². The van der Waals surface area contributed by atoms with E-state index >= 15 is 0 Å². The van der Waals surface area contributed by atoms with Gasteiger partial charge in [-0.1, -0.05) is 11.6 Å². The molecule has 0 saturated carbocycles. The predicted molar refractivity (Wildman–Crippen MR) is 123 cm³/mol. The first-order chi connectivity index (χ1) is 13.5. The Balaban J connectivity index is 0.00000300. The summed E-state index contributed by atoms with van der Waals surface area (Å²) in [6, 6.07) is 7.48. The molecule has 1 fully saturated rings. The van der Waals surface area contributed by atoms with Crippen molar-refractivity contribution in [3.05, 3.63) is 29.3 Å². The minimum absolute atomic E-state index is 0. The number of aromatic nitrogens is 3. The number of hydrogen-bond acceptors (Lipinski definition) is 8. The van der Waals surface area contributed by atoms with Gasteiger partial charge in [-0.05, 0) is 45.3 Å². The van der Waals surface area contributed by atoms with Gasteiger partial charge in [0.25, 0.3) is 0 Å². The van der Waals surface area contributed by atoms with Gasteiger partial charge in [0.05, 0.1) is 0 Å². The van der Waals surface area contributed by atoms with Crippen LogP contribution in [0.1, 0.15) is 6.92 Å². The molecule has 0 unspecified atom stereocenters. The molecule has 0 atom stereocenters. The maximum absolute atomic E-state index is 5.97. The number of hydrogen-bond donors (Lipinski definition) is 2. The number of anilines is 4. The van der Waals surface area contributed by atoms with Crippen LogP contribution in [-0.4, -0.2) is 84.7 Å². The maximum Gasteiger partial charge on any atom is 0.233 e. The van der Waals surface area contributed by atoms with Gasteiger partial charge >= 0.3 is 0 Å². The van der Waals surface area contributed by atoms with E-state index in [1.807, 2.05) is 31.2 Å². The van der Waals surface area contributed by atoms with Crippen molar-refractivity contribution in [1.29, 1.82) is 0 Å². The Hall–Kier alpha value is -1.87. The molecule has 160 valence electrons. The van der Waals surface area contributed by atoms with Crippen LogP contribution in [-0.2, 0) is 0 Å². The highest BCUT2D eigenvalue weighted by Crippen LogP contribution is 2.20. The van der Waals surface area contributed by atoms with E-state index in [-0.39, 0.29) is 12.4 Å². The second kappa shape index (κ2) is 11.3. The van der Waals surface area contributed by atoms with Crippen LogP contribution in [0.5, 0.6) is 0 Å². The Labute approximate surface area is 184 Å². The molecule has 2 heterocycles. The quantitative estimate of drug-likeness (QED) is 0.648. The second-order valence-corrected chi connectivity index (χ2v) is 7.51. The van der Waals surface area contributed by atoms with E-state index < -0.39 is 0 Å². The molecule has 8 nitrogen and oxygen atoms in total. The van der Waals surface area contributed by atoms with Gasteiger partial charge in [0.15, 0.2) is 0 Å². The summed E-state index contributed by atoms with van der Waals surface area (Å²) < 4.78 is 0. The summed E-state index contributed by atoms with van der Waals surface area (Å²) in [5.41, 5.74) is 0.887. The number of nitrogens with one attached hydrogen (secondary N) is 2. The lowest BCUT2D eigenvalue weighted by molar-refractivity contribution is 0.228. The fourth-order valence-corrected chi connectivity index (χ4v) is 3.10. The zero-order valence-corrected chi connectivity index (χ0v) is 18.8. The molecule has 0 amide bonds. The standard InChI is InChI=1S/C19H29ClN8.ClH/c1-4-21-17-23-18(22-16-7-5-15(20)6-8-16)25-19(24-17)28-13-11-27(12-14-28)10-9-26(2)3;/h5-8H,4,9-14H2,1-3H3,(H2,21,22,23,24,25);1H. The summed E-state index contributed by atoms with van der Waals surface area (Å²) in [6.45, 7) is 8.77. The number of piperazine rings is 1. The lowest BCUT2D eigenvalue weighted by Gasteiger charge is -2.35. The van der Waals surface area contributed by atoms with Crippen LogP contribution in [0, 0.1) is 0 Å². The van der Waals surface area contributed by atoms with Gasteiger partial charge in [-0.3, -0.25) is 4.90 Å². The largest absolute Gasteiger partial charge is 0.354 e. The van der Waals surface area contributed by atoms with Gasteiger partial charge in [0.2, 0.25) is 17.8 Å². The lowest BCUT2D eigenvalue weighted by atomic mass is 10.3. The molecule has 0 spiro atoms. The Kier molecular flexibility index (Phi) is 9.16. The van der Waals surface area contributed by atoms with E-state index in [4.69, 9.17) is 11.6 Å². The van der Waals surface area contributed by atoms with Crippen LogP contribution < -0.4 is 15.5 Å². The smallest absolute Gasteiger partial charge is 0.233 e. The first kappa shape index (κ1) is 23.4. The third-order valence-electron chi connectivity index (χ3n) is 4.58. The summed E-state index contributed by atoms with van der Waals surface area (Å²) in [5.74, 6) is 1.81. The van der Waals surface area contributed by atoms with Crippen LogP contribution >= 0.6 is 24.0 Å². The molecule has 1 saturated heterocycles. The molecule has 0 radical (unpaired) electrons. The summed E-state index contributed by atoms with van der Waals surface area (Å²) >= 11 is 5.97. The van der Waals surface area contributed by atoms with Gasteiger partial charge < -0.3 is 20.4 Å². The molecule has 1 aromatic heterocycles. The molecular weight excluding hydrogens is 411 g/mol. The monoisotopic (exact) mass is 440 g/mol. The molecule has 10 heteroatoms. The Bertz CT molecular complexity index is 748. The molecule has 0 aliphatic carbocycles. The molecule has 3 rings (SSSR count). The fraction of sp³-hybridized carbons (Fsp3) is 0.526. The number of benzene rings is 1. The second-order valence-electron chi connectivity index (χ2n) is 7.08. The number of rotatable bonds is 8. The highest BCUT2D eigenvalue weighted by molar-refractivity contribution is 6.30. The highest BCUT2D eigenvalue weighted by Gasteiger charge is 2.20. The van der Waals surface area contributed by atoms with Gasteiger partial charge in [0.1, 0.15) is 0 Å². The average molecular weight is 441 g/mol. The Morgan fingerprint density at radius 3 is 2.28 bits per heavy atom. The van der Waals surface area contributed by atoms with Crippen LogP contribution in [0.25, 0.3) is 0 Å². The van der Waals surface area contributed by atoms with Crippen LogP contribution in [0.4, 0.5) is 23.5 Å². The number of halogens is 2. The van der Waals surface area contributed by atoms with Crippen molar-refractivity contribution in [1.82, 2.24) is 24.8 Å².